The molecule has 25 heavy (non-hydrogen) atoms. The summed E-state index contributed by atoms with van der Waals surface area (Å²) in [5.41, 5.74) is 2.25. The Morgan fingerprint density at radius 2 is 1.88 bits per heavy atom. The lowest BCUT2D eigenvalue weighted by atomic mass is 9.94. The zero-order chi connectivity index (χ0) is 17.9. The van der Waals surface area contributed by atoms with Crippen molar-refractivity contribution in [2.75, 3.05) is 19.0 Å². The van der Waals surface area contributed by atoms with Crippen LogP contribution >= 0.6 is 0 Å². The van der Waals surface area contributed by atoms with Crippen molar-refractivity contribution >= 4 is 17.5 Å². The van der Waals surface area contributed by atoms with Crippen molar-refractivity contribution in [3.8, 4) is 5.75 Å². The van der Waals surface area contributed by atoms with E-state index in [-0.39, 0.29) is 17.2 Å². The first-order valence-electron chi connectivity index (χ1n) is 8.33. The van der Waals surface area contributed by atoms with E-state index in [0.717, 1.165) is 24.2 Å². The maximum Gasteiger partial charge on any atom is 0.251 e. The van der Waals surface area contributed by atoms with Gasteiger partial charge in [-0.3, -0.25) is 9.59 Å². The van der Waals surface area contributed by atoms with Crippen LogP contribution in [0.1, 0.15) is 35.7 Å². The topological polar surface area (TPSA) is 67.4 Å². The summed E-state index contributed by atoms with van der Waals surface area (Å²) >= 11 is 0. The summed E-state index contributed by atoms with van der Waals surface area (Å²) in [5, 5.41) is 5.72. The molecule has 1 aliphatic rings. The van der Waals surface area contributed by atoms with Crippen molar-refractivity contribution in [2.45, 2.75) is 25.2 Å². The number of nitrogens with one attached hydrogen (secondary N) is 2. The van der Waals surface area contributed by atoms with Crippen LogP contribution in [0.25, 0.3) is 0 Å². The van der Waals surface area contributed by atoms with Gasteiger partial charge in [0.2, 0.25) is 5.91 Å². The average molecular weight is 338 g/mol. The minimum absolute atomic E-state index is 0.0441. The van der Waals surface area contributed by atoms with Gasteiger partial charge < -0.3 is 15.4 Å². The number of carbonyl (C=O) groups is 2. The molecule has 1 saturated carbocycles. The molecule has 0 radical (unpaired) electrons. The van der Waals surface area contributed by atoms with Crippen molar-refractivity contribution in [2.24, 2.45) is 0 Å². The maximum absolute atomic E-state index is 12.5. The summed E-state index contributed by atoms with van der Waals surface area (Å²) in [4.78, 5) is 23.6. The Kier molecular flexibility index (Phi) is 4.74. The van der Waals surface area contributed by atoms with Gasteiger partial charge in [-0.25, -0.2) is 0 Å². The van der Waals surface area contributed by atoms with E-state index < -0.39 is 0 Å². The van der Waals surface area contributed by atoms with Crippen LogP contribution in [-0.4, -0.2) is 25.5 Å². The number of ether oxygens (including phenoxy) is 1. The fourth-order valence-corrected chi connectivity index (χ4v) is 3.07. The third kappa shape index (κ3) is 3.82. The van der Waals surface area contributed by atoms with Gasteiger partial charge in [0.15, 0.2) is 0 Å². The SMILES string of the molecule is COc1ccccc1C1(CNC(=O)c2cccc(NC(C)=O)c2)CC1. The molecule has 0 spiro atoms. The fraction of sp³-hybridized carbons (Fsp3) is 0.300. The third-order valence-electron chi connectivity index (χ3n) is 4.56. The second-order valence-corrected chi connectivity index (χ2v) is 6.43. The highest BCUT2D eigenvalue weighted by Crippen LogP contribution is 2.50. The molecule has 2 aromatic carbocycles. The maximum atomic E-state index is 12.5. The Hall–Kier alpha value is -2.82. The van der Waals surface area contributed by atoms with Crippen LogP contribution in [0.5, 0.6) is 5.75 Å². The van der Waals surface area contributed by atoms with Crippen molar-refractivity contribution in [3.63, 3.8) is 0 Å². The molecule has 0 bridgehead atoms. The van der Waals surface area contributed by atoms with Crippen LogP contribution in [0, 0.1) is 0 Å². The molecular weight excluding hydrogens is 316 g/mol. The molecule has 0 atom stereocenters. The van der Waals surface area contributed by atoms with Gasteiger partial charge in [0.25, 0.3) is 5.91 Å². The molecule has 3 rings (SSSR count). The minimum atomic E-state index is -0.161. The first-order valence-corrected chi connectivity index (χ1v) is 8.33. The number of hydrogen-bond donors (Lipinski definition) is 2. The van der Waals surface area contributed by atoms with Crippen LogP contribution in [0.4, 0.5) is 5.69 Å². The summed E-state index contributed by atoms with van der Waals surface area (Å²) in [7, 11) is 1.67. The Morgan fingerprint density at radius 3 is 2.56 bits per heavy atom. The number of methoxy groups -OCH3 is 1. The zero-order valence-electron chi connectivity index (χ0n) is 14.5. The third-order valence-corrected chi connectivity index (χ3v) is 4.56. The predicted molar refractivity (Wildman–Crippen MR) is 97.0 cm³/mol. The first-order chi connectivity index (χ1) is 12.0. The van der Waals surface area contributed by atoms with Gasteiger partial charge in [0.1, 0.15) is 5.75 Å². The molecule has 1 fully saturated rings. The molecule has 2 aromatic rings. The summed E-state index contributed by atoms with van der Waals surface area (Å²) < 4.78 is 5.46. The highest BCUT2D eigenvalue weighted by Gasteiger charge is 2.46. The molecule has 130 valence electrons. The van der Waals surface area contributed by atoms with Gasteiger partial charge in [0.05, 0.1) is 7.11 Å². The Labute approximate surface area is 147 Å². The fourth-order valence-electron chi connectivity index (χ4n) is 3.07. The molecule has 0 aliphatic heterocycles. The van der Waals surface area contributed by atoms with Crippen molar-refractivity contribution < 1.29 is 14.3 Å². The van der Waals surface area contributed by atoms with Crippen LogP contribution < -0.4 is 15.4 Å². The molecule has 5 heteroatoms. The molecule has 0 saturated heterocycles. The molecule has 0 unspecified atom stereocenters. The Morgan fingerprint density at radius 1 is 1.12 bits per heavy atom. The number of hydrogen-bond acceptors (Lipinski definition) is 3. The number of carbonyl (C=O) groups excluding carboxylic acids is 2. The van der Waals surface area contributed by atoms with Crippen LogP contribution in [-0.2, 0) is 10.2 Å². The molecule has 0 heterocycles. The molecule has 1 aliphatic carbocycles. The summed E-state index contributed by atoms with van der Waals surface area (Å²) in [6.07, 6.45) is 2.05. The highest BCUT2D eigenvalue weighted by molar-refractivity contribution is 5.96. The van der Waals surface area contributed by atoms with E-state index >= 15 is 0 Å². The van der Waals surface area contributed by atoms with Gasteiger partial charge in [0, 0.05) is 35.7 Å². The second kappa shape index (κ2) is 6.97. The first kappa shape index (κ1) is 17.0. The smallest absolute Gasteiger partial charge is 0.251 e. The van der Waals surface area contributed by atoms with Crippen molar-refractivity contribution in [3.05, 3.63) is 59.7 Å². The van der Waals surface area contributed by atoms with Gasteiger partial charge in [-0.1, -0.05) is 24.3 Å². The number of rotatable bonds is 6. The predicted octanol–water partition coefficient (Wildman–Crippen LogP) is 3.12. The lowest BCUT2D eigenvalue weighted by Gasteiger charge is -2.19. The average Bonchev–Trinajstić information content (AvgIpc) is 3.40. The van der Waals surface area contributed by atoms with E-state index in [9.17, 15) is 9.59 Å². The van der Waals surface area contributed by atoms with E-state index in [4.69, 9.17) is 4.74 Å². The van der Waals surface area contributed by atoms with E-state index in [1.807, 2.05) is 18.2 Å². The van der Waals surface area contributed by atoms with E-state index in [0.29, 0.717) is 17.8 Å². The van der Waals surface area contributed by atoms with Gasteiger partial charge in [-0.15, -0.1) is 0 Å². The molecule has 2 amide bonds. The number of benzene rings is 2. The summed E-state index contributed by atoms with van der Waals surface area (Å²) in [6.45, 7) is 2.01. The van der Waals surface area contributed by atoms with Gasteiger partial charge >= 0.3 is 0 Å². The van der Waals surface area contributed by atoms with Crippen LogP contribution in [0.2, 0.25) is 0 Å². The number of anilines is 1. The summed E-state index contributed by atoms with van der Waals surface area (Å²) in [5.74, 6) is 0.556. The largest absolute Gasteiger partial charge is 0.496 e. The molecule has 0 aromatic heterocycles. The number of amides is 2. The van der Waals surface area contributed by atoms with Gasteiger partial charge in [-0.05, 0) is 37.1 Å². The van der Waals surface area contributed by atoms with Crippen molar-refractivity contribution in [1.29, 1.82) is 0 Å². The summed E-state index contributed by atoms with van der Waals surface area (Å²) in [6, 6.07) is 14.9. The second-order valence-electron chi connectivity index (χ2n) is 6.43. The molecular formula is C20H22N2O3. The van der Waals surface area contributed by atoms with Crippen LogP contribution in [0.3, 0.4) is 0 Å². The van der Waals surface area contributed by atoms with E-state index in [1.54, 1.807) is 31.4 Å². The lowest BCUT2D eigenvalue weighted by molar-refractivity contribution is -0.114. The minimum Gasteiger partial charge on any atom is -0.496 e. The van der Waals surface area contributed by atoms with Crippen LogP contribution in [0.15, 0.2) is 48.5 Å². The standard InChI is InChI=1S/C20H22N2O3/c1-14(23)22-16-7-5-6-15(12-16)19(24)21-13-20(10-11-20)17-8-3-4-9-18(17)25-2/h3-9,12H,10-11,13H2,1-2H3,(H,21,24)(H,22,23). The van der Waals surface area contributed by atoms with Crippen molar-refractivity contribution in [1.82, 2.24) is 5.32 Å². The Bertz CT molecular complexity index is 797. The quantitative estimate of drug-likeness (QED) is 0.850. The lowest BCUT2D eigenvalue weighted by Crippen LogP contribution is -2.32. The molecule has 5 nitrogen and oxygen atoms in total. The Balaban J connectivity index is 1.69. The highest BCUT2D eigenvalue weighted by atomic mass is 16.5. The van der Waals surface area contributed by atoms with Gasteiger partial charge in [-0.2, -0.15) is 0 Å². The van der Waals surface area contributed by atoms with E-state index in [1.165, 1.54) is 6.92 Å². The van der Waals surface area contributed by atoms with E-state index in [2.05, 4.69) is 16.7 Å². The monoisotopic (exact) mass is 338 g/mol. The molecule has 2 N–H and O–H groups in total. The zero-order valence-corrected chi connectivity index (χ0v) is 14.5. The number of para-hydroxylation sites is 1. The normalized spacial score (nSPS) is 14.5.